The average Bonchev–Trinajstić information content (AvgIpc) is 2.73. The summed E-state index contributed by atoms with van der Waals surface area (Å²) in [5, 5.41) is 2.78. The van der Waals surface area contributed by atoms with Gasteiger partial charge in [-0.05, 0) is 36.8 Å². The highest BCUT2D eigenvalue weighted by atomic mass is 32.2. The molecule has 29 heavy (non-hydrogen) atoms. The van der Waals surface area contributed by atoms with E-state index in [-0.39, 0.29) is 17.3 Å². The molecule has 0 atom stereocenters. The maximum atomic E-state index is 12.6. The summed E-state index contributed by atoms with van der Waals surface area (Å²) in [6, 6.07) is 14.6. The van der Waals surface area contributed by atoms with Gasteiger partial charge in [-0.15, -0.1) is 0 Å². The Morgan fingerprint density at radius 1 is 1.07 bits per heavy atom. The van der Waals surface area contributed by atoms with Gasteiger partial charge in [-0.2, -0.15) is 4.31 Å². The predicted octanol–water partition coefficient (Wildman–Crippen LogP) is 1.77. The van der Waals surface area contributed by atoms with E-state index in [1.54, 1.807) is 24.3 Å². The van der Waals surface area contributed by atoms with E-state index in [0.717, 1.165) is 47.4 Å². The number of amides is 1. The summed E-state index contributed by atoms with van der Waals surface area (Å²) in [5.41, 5.74) is 3.07. The van der Waals surface area contributed by atoms with Gasteiger partial charge in [-0.1, -0.05) is 29.8 Å². The van der Waals surface area contributed by atoms with Gasteiger partial charge in [-0.3, -0.25) is 4.79 Å². The fraction of sp³-hybridized carbons (Fsp3) is 0.381. The van der Waals surface area contributed by atoms with E-state index >= 15 is 0 Å². The van der Waals surface area contributed by atoms with Gasteiger partial charge in [0.1, 0.15) is 0 Å². The molecule has 1 aliphatic heterocycles. The van der Waals surface area contributed by atoms with Gasteiger partial charge < -0.3 is 15.0 Å². The maximum absolute atomic E-state index is 12.6. The van der Waals surface area contributed by atoms with Gasteiger partial charge in [0.2, 0.25) is 15.9 Å². The Bertz CT molecular complexity index is 921. The van der Waals surface area contributed by atoms with E-state index in [4.69, 9.17) is 4.74 Å². The van der Waals surface area contributed by atoms with Crippen LogP contribution in [-0.4, -0.2) is 58.5 Å². The van der Waals surface area contributed by atoms with Crippen LogP contribution in [0.3, 0.4) is 0 Å². The molecule has 1 aliphatic rings. The van der Waals surface area contributed by atoms with Gasteiger partial charge in [0.15, 0.2) is 0 Å². The third-order valence-corrected chi connectivity index (χ3v) is 6.72. The van der Waals surface area contributed by atoms with Crippen molar-refractivity contribution in [2.45, 2.75) is 18.4 Å². The van der Waals surface area contributed by atoms with Crippen molar-refractivity contribution in [1.29, 1.82) is 0 Å². The van der Waals surface area contributed by atoms with Crippen molar-refractivity contribution in [2.75, 3.05) is 44.8 Å². The first-order valence-corrected chi connectivity index (χ1v) is 11.0. The standard InChI is InChI=1S/C21H27N3O4S/c1-17-3-9-20(10-4-17)29(26,27)23(2)16-21(25)22-15-18-5-7-19(8-6-18)24-11-13-28-14-12-24/h3-10H,11-16H2,1-2H3,(H,22,25). The van der Waals surface area contributed by atoms with Gasteiger partial charge >= 0.3 is 0 Å². The SMILES string of the molecule is Cc1ccc(S(=O)(=O)N(C)CC(=O)NCc2ccc(N3CCOCC3)cc2)cc1. The average molecular weight is 418 g/mol. The van der Waals surface area contributed by atoms with Crippen molar-refractivity contribution in [3.8, 4) is 0 Å². The highest BCUT2D eigenvalue weighted by Crippen LogP contribution is 2.17. The molecule has 2 aromatic rings. The number of benzene rings is 2. The zero-order chi connectivity index (χ0) is 20.9. The topological polar surface area (TPSA) is 79.0 Å². The summed E-state index contributed by atoms with van der Waals surface area (Å²) >= 11 is 0. The van der Waals surface area contributed by atoms with Crippen LogP contribution in [-0.2, 0) is 26.1 Å². The first kappa shape index (κ1) is 21.3. The van der Waals surface area contributed by atoms with Gasteiger partial charge in [0.25, 0.3) is 0 Å². The zero-order valence-corrected chi connectivity index (χ0v) is 17.6. The van der Waals surface area contributed by atoms with Crippen molar-refractivity contribution >= 4 is 21.6 Å². The number of ether oxygens (including phenoxy) is 1. The third kappa shape index (κ3) is 5.56. The van der Waals surface area contributed by atoms with Crippen LogP contribution in [0.5, 0.6) is 0 Å². The lowest BCUT2D eigenvalue weighted by atomic mass is 10.2. The minimum atomic E-state index is -3.70. The third-order valence-electron chi connectivity index (χ3n) is 4.90. The molecule has 3 rings (SSSR count). The molecule has 1 amide bonds. The monoisotopic (exact) mass is 417 g/mol. The molecule has 7 nitrogen and oxygen atoms in total. The molecule has 0 radical (unpaired) electrons. The van der Waals surface area contributed by atoms with E-state index in [9.17, 15) is 13.2 Å². The van der Waals surface area contributed by atoms with Crippen molar-refractivity contribution in [2.24, 2.45) is 0 Å². The normalized spacial score (nSPS) is 14.8. The fourth-order valence-electron chi connectivity index (χ4n) is 3.08. The van der Waals surface area contributed by atoms with Crippen LogP contribution in [0, 0.1) is 6.92 Å². The molecular weight excluding hydrogens is 390 g/mol. The lowest BCUT2D eigenvalue weighted by molar-refractivity contribution is -0.121. The number of morpholine rings is 1. The van der Waals surface area contributed by atoms with E-state index in [1.807, 2.05) is 31.2 Å². The second-order valence-corrected chi connectivity index (χ2v) is 9.16. The Hall–Kier alpha value is -2.42. The van der Waals surface area contributed by atoms with E-state index in [1.165, 1.54) is 7.05 Å². The molecule has 1 N–H and O–H groups in total. The molecule has 0 unspecified atom stereocenters. The number of hydrogen-bond acceptors (Lipinski definition) is 5. The number of hydrogen-bond donors (Lipinski definition) is 1. The summed E-state index contributed by atoms with van der Waals surface area (Å²) in [7, 11) is -2.29. The van der Waals surface area contributed by atoms with E-state index in [2.05, 4.69) is 10.2 Å². The maximum Gasteiger partial charge on any atom is 0.243 e. The summed E-state index contributed by atoms with van der Waals surface area (Å²) in [6.07, 6.45) is 0. The van der Waals surface area contributed by atoms with E-state index < -0.39 is 10.0 Å². The highest BCUT2D eigenvalue weighted by Gasteiger charge is 2.22. The van der Waals surface area contributed by atoms with Crippen LogP contribution in [0.2, 0.25) is 0 Å². The molecule has 0 aromatic heterocycles. The van der Waals surface area contributed by atoms with Crippen LogP contribution in [0.15, 0.2) is 53.4 Å². The first-order chi connectivity index (χ1) is 13.9. The Morgan fingerprint density at radius 3 is 2.31 bits per heavy atom. The van der Waals surface area contributed by atoms with Crippen LogP contribution in [0.4, 0.5) is 5.69 Å². The number of anilines is 1. The molecule has 156 valence electrons. The van der Waals surface area contributed by atoms with Crippen LogP contribution in [0.1, 0.15) is 11.1 Å². The Kier molecular flexibility index (Phi) is 6.89. The molecule has 1 heterocycles. The molecule has 1 fully saturated rings. The number of likely N-dealkylation sites (N-methyl/N-ethyl adjacent to an activating group) is 1. The second kappa shape index (κ2) is 9.39. The van der Waals surface area contributed by atoms with Gasteiger partial charge in [0, 0.05) is 32.4 Å². The first-order valence-electron chi connectivity index (χ1n) is 9.57. The Labute approximate surface area is 172 Å². The Morgan fingerprint density at radius 2 is 1.69 bits per heavy atom. The Balaban J connectivity index is 1.52. The predicted molar refractivity (Wildman–Crippen MR) is 112 cm³/mol. The van der Waals surface area contributed by atoms with Crippen LogP contribution in [0.25, 0.3) is 0 Å². The van der Waals surface area contributed by atoms with Gasteiger partial charge in [0.05, 0.1) is 24.7 Å². The summed E-state index contributed by atoms with van der Waals surface area (Å²) in [5.74, 6) is -0.347. The van der Waals surface area contributed by atoms with Crippen molar-refractivity contribution in [3.05, 3.63) is 59.7 Å². The van der Waals surface area contributed by atoms with Crippen molar-refractivity contribution in [1.82, 2.24) is 9.62 Å². The molecule has 8 heteroatoms. The van der Waals surface area contributed by atoms with Crippen molar-refractivity contribution < 1.29 is 17.9 Å². The van der Waals surface area contributed by atoms with Crippen LogP contribution < -0.4 is 10.2 Å². The molecule has 1 saturated heterocycles. The molecule has 0 aliphatic carbocycles. The quantitative estimate of drug-likeness (QED) is 0.743. The minimum Gasteiger partial charge on any atom is -0.378 e. The molecule has 0 saturated carbocycles. The number of nitrogens with one attached hydrogen (secondary N) is 1. The van der Waals surface area contributed by atoms with Crippen LogP contribution >= 0.6 is 0 Å². The number of carbonyl (C=O) groups is 1. The largest absolute Gasteiger partial charge is 0.378 e. The molecule has 2 aromatic carbocycles. The number of carbonyl (C=O) groups excluding carboxylic acids is 1. The van der Waals surface area contributed by atoms with Gasteiger partial charge in [-0.25, -0.2) is 8.42 Å². The lowest BCUT2D eigenvalue weighted by Crippen LogP contribution is -2.38. The zero-order valence-electron chi connectivity index (χ0n) is 16.8. The fourth-order valence-corrected chi connectivity index (χ4v) is 4.21. The lowest BCUT2D eigenvalue weighted by Gasteiger charge is -2.28. The molecule has 0 spiro atoms. The summed E-state index contributed by atoms with van der Waals surface area (Å²) < 4.78 is 31.6. The number of nitrogens with zero attached hydrogens (tertiary/aromatic N) is 2. The minimum absolute atomic E-state index is 0.178. The number of aryl methyl sites for hydroxylation is 1. The van der Waals surface area contributed by atoms with Crippen molar-refractivity contribution in [3.63, 3.8) is 0 Å². The molecular formula is C21H27N3O4S. The highest BCUT2D eigenvalue weighted by molar-refractivity contribution is 7.89. The summed E-state index contributed by atoms with van der Waals surface area (Å²) in [6.45, 7) is 5.22. The number of rotatable bonds is 7. The second-order valence-electron chi connectivity index (χ2n) is 7.12. The van der Waals surface area contributed by atoms with E-state index in [0.29, 0.717) is 6.54 Å². The molecule has 0 bridgehead atoms. The smallest absolute Gasteiger partial charge is 0.243 e. The summed E-state index contributed by atoms with van der Waals surface area (Å²) in [4.78, 5) is 14.7. The number of sulfonamides is 1.